The Morgan fingerprint density at radius 2 is 1.93 bits per heavy atom. The number of hydrogen-bond acceptors (Lipinski definition) is 5. The minimum Gasteiger partial charge on any atom is -0.497 e. The van der Waals surface area contributed by atoms with Crippen molar-refractivity contribution in [3.63, 3.8) is 0 Å². The smallest absolute Gasteiger partial charge is 0.414 e. The van der Waals surface area contributed by atoms with Crippen LogP contribution in [0, 0.1) is 0 Å². The first-order chi connectivity index (χ1) is 13.0. The molecule has 142 valence electrons. The third-order valence-electron chi connectivity index (χ3n) is 4.95. The zero-order valence-corrected chi connectivity index (χ0v) is 15.7. The van der Waals surface area contributed by atoms with Crippen molar-refractivity contribution in [2.45, 2.75) is 23.9 Å². The average Bonchev–Trinajstić information content (AvgIpc) is 3.03. The molecule has 4 rings (SSSR count). The molecule has 0 spiro atoms. The predicted octanol–water partition coefficient (Wildman–Crippen LogP) is 2.62. The number of amides is 1. The second-order valence-corrected chi connectivity index (χ2v) is 8.47. The van der Waals surface area contributed by atoms with Crippen LogP contribution in [0.2, 0.25) is 0 Å². The van der Waals surface area contributed by atoms with Gasteiger partial charge in [0.15, 0.2) is 0 Å². The lowest BCUT2D eigenvalue weighted by molar-refractivity contribution is 0.178. The Morgan fingerprint density at radius 1 is 1.15 bits per heavy atom. The number of carbonyl (C=O) groups is 1. The van der Waals surface area contributed by atoms with Gasteiger partial charge in [-0.05, 0) is 42.3 Å². The van der Waals surface area contributed by atoms with Crippen molar-refractivity contribution in [2.24, 2.45) is 0 Å². The number of cyclic esters (lactones) is 1. The van der Waals surface area contributed by atoms with E-state index in [4.69, 9.17) is 9.47 Å². The van der Waals surface area contributed by atoms with Gasteiger partial charge in [-0.25, -0.2) is 13.2 Å². The maximum atomic E-state index is 13.2. The van der Waals surface area contributed by atoms with Crippen LogP contribution < -0.4 is 9.64 Å². The molecule has 0 aliphatic carbocycles. The zero-order valence-electron chi connectivity index (χ0n) is 14.9. The van der Waals surface area contributed by atoms with E-state index in [1.807, 2.05) is 0 Å². The van der Waals surface area contributed by atoms with Gasteiger partial charge in [0, 0.05) is 13.1 Å². The molecule has 0 saturated carbocycles. The van der Waals surface area contributed by atoms with Gasteiger partial charge < -0.3 is 9.47 Å². The first-order valence-electron chi connectivity index (χ1n) is 8.69. The van der Waals surface area contributed by atoms with Crippen molar-refractivity contribution >= 4 is 21.8 Å². The van der Waals surface area contributed by atoms with Crippen molar-refractivity contribution in [1.29, 1.82) is 0 Å². The van der Waals surface area contributed by atoms with Crippen molar-refractivity contribution in [2.75, 3.05) is 25.2 Å². The number of benzene rings is 2. The minimum absolute atomic E-state index is 0.153. The zero-order chi connectivity index (χ0) is 19.0. The van der Waals surface area contributed by atoms with Crippen molar-refractivity contribution < 1.29 is 22.7 Å². The Morgan fingerprint density at radius 3 is 2.67 bits per heavy atom. The lowest BCUT2D eigenvalue weighted by Crippen LogP contribution is -2.42. The normalized spacial score (nSPS) is 20.3. The number of hydrogen-bond donors (Lipinski definition) is 0. The van der Waals surface area contributed by atoms with Gasteiger partial charge in [0.2, 0.25) is 10.0 Å². The number of sulfonamides is 1. The highest BCUT2D eigenvalue weighted by Gasteiger charge is 2.39. The standard InChI is InChI=1S/C19H20N2O5S/c1-25-16-7-8-18-14(11-16)12-20(10-9-15-13-26-19(22)21(15)18)27(23,24)17-5-3-2-4-6-17/h2-8,11,15H,9-10,12-13H2,1H3/t15-/m0/s1. The molecule has 7 nitrogen and oxygen atoms in total. The second kappa shape index (κ2) is 6.86. The number of anilines is 1. The summed E-state index contributed by atoms with van der Waals surface area (Å²) in [4.78, 5) is 14.1. The molecule has 1 amide bonds. The fourth-order valence-corrected chi connectivity index (χ4v) is 4.98. The van der Waals surface area contributed by atoms with Crippen LogP contribution in [0.5, 0.6) is 5.75 Å². The quantitative estimate of drug-likeness (QED) is 0.808. The van der Waals surface area contributed by atoms with Crippen LogP contribution in [-0.4, -0.2) is 45.1 Å². The van der Waals surface area contributed by atoms with Gasteiger partial charge in [-0.15, -0.1) is 0 Å². The van der Waals surface area contributed by atoms with Crippen LogP contribution in [0.3, 0.4) is 0 Å². The van der Waals surface area contributed by atoms with E-state index in [2.05, 4.69) is 0 Å². The Bertz CT molecular complexity index is 961. The van der Waals surface area contributed by atoms with Crippen LogP contribution in [-0.2, 0) is 21.3 Å². The van der Waals surface area contributed by atoms with Gasteiger partial charge in [0.05, 0.1) is 23.7 Å². The largest absolute Gasteiger partial charge is 0.497 e. The van der Waals surface area contributed by atoms with Crippen molar-refractivity contribution in [3.8, 4) is 5.75 Å². The summed E-state index contributed by atoms with van der Waals surface area (Å²) in [5.74, 6) is 0.607. The molecular formula is C19H20N2O5S. The first kappa shape index (κ1) is 17.8. The topological polar surface area (TPSA) is 76.1 Å². The van der Waals surface area contributed by atoms with Crippen LogP contribution in [0.1, 0.15) is 12.0 Å². The van der Waals surface area contributed by atoms with Gasteiger partial charge >= 0.3 is 6.09 Å². The summed E-state index contributed by atoms with van der Waals surface area (Å²) >= 11 is 0. The molecular weight excluding hydrogens is 368 g/mol. The molecule has 2 aliphatic rings. The first-order valence-corrected chi connectivity index (χ1v) is 10.1. The van der Waals surface area contributed by atoms with Crippen molar-refractivity contribution in [1.82, 2.24) is 4.31 Å². The van der Waals surface area contributed by atoms with Gasteiger partial charge in [-0.2, -0.15) is 4.31 Å². The third kappa shape index (κ3) is 3.15. The number of fused-ring (bicyclic) bond motifs is 3. The number of nitrogens with zero attached hydrogens (tertiary/aromatic N) is 2. The maximum Gasteiger partial charge on any atom is 0.414 e. The molecule has 0 radical (unpaired) electrons. The molecule has 0 aromatic heterocycles. The highest BCUT2D eigenvalue weighted by molar-refractivity contribution is 7.89. The molecule has 1 atom stereocenters. The molecule has 0 N–H and O–H groups in total. The van der Waals surface area contributed by atoms with Crippen LogP contribution in [0.4, 0.5) is 10.5 Å². The van der Waals surface area contributed by atoms with Crippen LogP contribution in [0.25, 0.3) is 0 Å². The van der Waals surface area contributed by atoms with E-state index < -0.39 is 16.1 Å². The summed E-state index contributed by atoms with van der Waals surface area (Å²) in [6.45, 7) is 0.704. The molecule has 1 fully saturated rings. The molecule has 1 saturated heterocycles. The summed E-state index contributed by atoms with van der Waals surface area (Å²) in [6, 6.07) is 13.5. The van der Waals surface area contributed by atoms with Crippen LogP contribution in [0.15, 0.2) is 53.4 Å². The number of ether oxygens (including phenoxy) is 2. The summed E-state index contributed by atoms with van der Waals surface area (Å²) in [5, 5.41) is 0. The molecule has 0 bridgehead atoms. The molecule has 2 aliphatic heterocycles. The second-order valence-electron chi connectivity index (χ2n) is 6.54. The highest BCUT2D eigenvalue weighted by Crippen LogP contribution is 2.35. The Kier molecular flexibility index (Phi) is 4.53. The molecule has 27 heavy (non-hydrogen) atoms. The monoisotopic (exact) mass is 388 g/mol. The Labute approximate surface area is 158 Å². The van der Waals surface area contributed by atoms with Gasteiger partial charge in [-0.1, -0.05) is 18.2 Å². The van der Waals surface area contributed by atoms with Gasteiger partial charge in [0.1, 0.15) is 12.4 Å². The number of carbonyl (C=O) groups excluding carboxylic acids is 1. The SMILES string of the molecule is COc1ccc2c(c1)CN(S(=O)(=O)c1ccccc1)CC[C@H]1COC(=O)N21. The molecule has 2 aromatic rings. The van der Waals surface area contributed by atoms with E-state index in [1.54, 1.807) is 60.5 Å². The average molecular weight is 388 g/mol. The molecule has 8 heteroatoms. The molecule has 2 heterocycles. The van der Waals surface area contributed by atoms with E-state index in [9.17, 15) is 13.2 Å². The fraction of sp³-hybridized carbons (Fsp3) is 0.316. The van der Waals surface area contributed by atoms with Gasteiger partial charge in [-0.3, -0.25) is 4.90 Å². The fourth-order valence-electron chi connectivity index (χ4n) is 3.53. The van der Waals surface area contributed by atoms with Gasteiger partial charge in [0.25, 0.3) is 0 Å². The summed E-state index contributed by atoms with van der Waals surface area (Å²) in [7, 11) is -2.11. The van der Waals surface area contributed by atoms with E-state index in [1.165, 1.54) is 4.31 Å². The predicted molar refractivity (Wildman–Crippen MR) is 99.3 cm³/mol. The molecule has 2 aromatic carbocycles. The van der Waals surface area contributed by atoms with E-state index in [-0.39, 0.29) is 24.1 Å². The number of methoxy groups -OCH3 is 1. The third-order valence-corrected chi connectivity index (χ3v) is 6.81. The molecule has 0 unspecified atom stereocenters. The van der Waals surface area contributed by atoms with E-state index >= 15 is 0 Å². The Hall–Kier alpha value is -2.58. The Balaban J connectivity index is 1.78. The lowest BCUT2D eigenvalue weighted by atomic mass is 10.1. The maximum absolute atomic E-state index is 13.2. The minimum atomic E-state index is -3.66. The summed E-state index contributed by atoms with van der Waals surface area (Å²) in [6.07, 6.45) is 0.106. The lowest BCUT2D eigenvalue weighted by Gasteiger charge is -2.32. The van der Waals surface area contributed by atoms with E-state index in [0.29, 0.717) is 30.0 Å². The van der Waals surface area contributed by atoms with Crippen molar-refractivity contribution in [3.05, 3.63) is 54.1 Å². The highest BCUT2D eigenvalue weighted by atomic mass is 32.2. The summed E-state index contributed by atoms with van der Waals surface area (Å²) < 4.78 is 38.3. The van der Waals surface area contributed by atoms with E-state index in [0.717, 1.165) is 0 Å². The van der Waals surface area contributed by atoms with Crippen LogP contribution >= 0.6 is 0 Å². The number of rotatable bonds is 3. The summed E-state index contributed by atoms with van der Waals surface area (Å²) in [5.41, 5.74) is 1.37.